The first-order chi connectivity index (χ1) is 11.7. The normalized spacial score (nSPS) is 12.4. The van der Waals surface area contributed by atoms with Crippen molar-refractivity contribution in [3.05, 3.63) is 58.2 Å². The van der Waals surface area contributed by atoms with Crippen LogP contribution < -0.4 is 5.32 Å². The summed E-state index contributed by atoms with van der Waals surface area (Å²) >= 11 is 6.78. The number of hydrogen-bond donors (Lipinski definition) is 1. The first-order valence-corrected chi connectivity index (χ1v) is 9.26. The van der Waals surface area contributed by atoms with Crippen molar-refractivity contribution in [3.63, 3.8) is 0 Å². The molecule has 0 aliphatic heterocycles. The third-order valence-corrected chi connectivity index (χ3v) is 4.48. The average molecular weight is 470 g/mol. The number of carbonyl (C=O) groups excluding carboxylic acids is 2. The smallest absolute Gasteiger partial charge is 0.413 e. The maximum Gasteiger partial charge on any atom is 0.413 e. The second-order valence-corrected chi connectivity index (χ2v) is 8.17. The number of Topliss-reactive ketones (excluding diaryl/α,β-unsaturated/α-hetero) is 1. The largest absolute Gasteiger partial charge is 0.444 e. The predicted octanol–water partition coefficient (Wildman–Crippen LogP) is 5.51. The maximum atomic E-state index is 12.6. The Hall–Kier alpha value is -1.73. The van der Waals surface area contributed by atoms with Crippen molar-refractivity contribution < 1.29 is 14.3 Å². The molecular weight excluding hydrogens is 452 g/mol. The third-order valence-electron chi connectivity index (χ3n) is 3.04. The number of benzene rings is 1. The number of halogens is 2. The van der Waals surface area contributed by atoms with Crippen LogP contribution in [0.15, 0.2) is 47.1 Å². The van der Waals surface area contributed by atoms with E-state index < -0.39 is 16.5 Å². The van der Waals surface area contributed by atoms with Crippen LogP contribution >= 0.6 is 31.9 Å². The first-order valence-electron chi connectivity index (χ1n) is 7.55. The van der Waals surface area contributed by atoms with Crippen LogP contribution in [0.1, 0.15) is 41.5 Å². The number of hydrogen-bond acceptors (Lipinski definition) is 4. The zero-order chi connectivity index (χ0) is 18.6. The van der Waals surface area contributed by atoms with Crippen LogP contribution in [0.2, 0.25) is 0 Å². The van der Waals surface area contributed by atoms with Gasteiger partial charge in [-0.15, -0.1) is 0 Å². The lowest BCUT2D eigenvalue weighted by atomic mass is 10.0. The number of aromatic nitrogens is 1. The van der Waals surface area contributed by atoms with E-state index in [9.17, 15) is 9.59 Å². The van der Waals surface area contributed by atoms with Gasteiger partial charge in [0.1, 0.15) is 16.2 Å². The molecule has 0 saturated heterocycles. The lowest BCUT2D eigenvalue weighted by Gasteiger charge is -2.19. The van der Waals surface area contributed by atoms with Gasteiger partial charge >= 0.3 is 6.09 Å². The lowest BCUT2D eigenvalue weighted by Crippen LogP contribution is -2.27. The summed E-state index contributed by atoms with van der Waals surface area (Å²) in [5.74, 6) is 0.231. The highest BCUT2D eigenvalue weighted by Crippen LogP contribution is 2.29. The molecule has 1 aromatic heterocycles. The zero-order valence-electron chi connectivity index (χ0n) is 14.0. The van der Waals surface area contributed by atoms with Crippen molar-refractivity contribution in [2.45, 2.75) is 31.2 Å². The van der Waals surface area contributed by atoms with E-state index in [1.54, 1.807) is 51.1 Å². The van der Waals surface area contributed by atoms with Crippen molar-refractivity contribution in [1.29, 1.82) is 0 Å². The Morgan fingerprint density at radius 2 is 1.92 bits per heavy atom. The number of ether oxygens (including phenoxy) is 1. The third kappa shape index (κ3) is 5.93. The van der Waals surface area contributed by atoms with Crippen LogP contribution in [-0.2, 0) is 4.74 Å². The van der Waals surface area contributed by atoms with Crippen LogP contribution in [0, 0.1) is 0 Å². The van der Waals surface area contributed by atoms with E-state index in [0.29, 0.717) is 16.9 Å². The highest BCUT2D eigenvalue weighted by Gasteiger charge is 2.21. The number of alkyl halides is 1. The fourth-order valence-corrected chi connectivity index (χ4v) is 2.97. The van der Waals surface area contributed by atoms with Gasteiger partial charge in [-0.1, -0.05) is 44.0 Å². The van der Waals surface area contributed by atoms with Crippen LogP contribution in [-0.4, -0.2) is 22.5 Å². The van der Waals surface area contributed by atoms with Crippen molar-refractivity contribution in [1.82, 2.24) is 4.98 Å². The van der Waals surface area contributed by atoms with E-state index in [2.05, 4.69) is 42.2 Å². The molecule has 0 bridgehead atoms. The van der Waals surface area contributed by atoms with E-state index in [0.717, 1.165) is 4.47 Å². The molecule has 0 saturated carbocycles. The summed E-state index contributed by atoms with van der Waals surface area (Å²) in [6, 6.07) is 10.5. The molecule has 2 aromatic rings. The Kier molecular flexibility index (Phi) is 6.35. The minimum absolute atomic E-state index is 0.0873. The molecule has 132 valence electrons. The minimum Gasteiger partial charge on any atom is -0.444 e. The number of nitrogens with one attached hydrogen (secondary N) is 1. The summed E-state index contributed by atoms with van der Waals surface area (Å²) in [6.45, 7) is 5.34. The Bertz CT molecular complexity index is 788. The van der Waals surface area contributed by atoms with Gasteiger partial charge in [0.2, 0.25) is 0 Å². The van der Waals surface area contributed by atoms with Crippen LogP contribution in [0.25, 0.3) is 0 Å². The Morgan fingerprint density at radius 3 is 2.56 bits per heavy atom. The number of ketones is 1. The van der Waals surface area contributed by atoms with E-state index in [-0.39, 0.29) is 5.78 Å². The summed E-state index contributed by atoms with van der Waals surface area (Å²) in [5.41, 5.74) is 0.664. The van der Waals surface area contributed by atoms with Gasteiger partial charge < -0.3 is 4.74 Å². The van der Waals surface area contributed by atoms with Crippen LogP contribution in [0.4, 0.5) is 10.6 Å². The highest BCUT2D eigenvalue weighted by molar-refractivity contribution is 9.10. The Morgan fingerprint density at radius 1 is 1.20 bits per heavy atom. The Balaban J connectivity index is 2.14. The van der Waals surface area contributed by atoms with Gasteiger partial charge in [0.05, 0.1) is 0 Å². The number of carbonyl (C=O) groups is 2. The van der Waals surface area contributed by atoms with E-state index in [1.165, 1.54) is 6.20 Å². The van der Waals surface area contributed by atoms with Crippen molar-refractivity contribution >= 4 is 49.6 Å². The van der Waals surface area contributed by atoms with Gasteiger partial charge in [0.15, 0.2) is 5.78 Å². The predicted molar refractivity (Wildman–Crippen MR) is 104 cm³/mol. The van der Waals surface area contributed by atoms with Crippen molar-refractivity contribution in [2.75, 3.05) is 5.32 Å². The summed E-state index contributed by atoms with van der Waals surface area (Å²) in [6.07, 6.45) is 0.936. The molecule has 7 heteroatoms. The fraction of sp³-hybridized carbons (Fsp3) is 0.278. The molecule has 2 rings (SSSR count). The minimum atomic E-state index is -0.601. The molecule has 25 heavy (non-hydrogen) atoms. The molecule has 0 spiro atoms. The first kappa shape index (κ1) is 19.6. The maximum absolute atomic E-state index is 12.6. The summed E-state index contributed by atoms with van der Waals surface area (Å²) in [5, 5.41) is 2.57. The van der Waals surface area contributed by atoms with Gasteiger partial charge in [-0.25, -0.2) is 9.78 Å². The Labute approximate surface area is 163 Å². The number of amides is 1. The summed E-state index contributed by atoms with van der Waals surface area (Å²) < 4.78 is 6.03. The van der Waals surface area contributed by atoms with Gasteiger partial charge in [0.25, 0.3) is 0 Å². The molecule has 0 aliphatic carbocycles. The van der Waals surface area contributed by atoms with E-state index >= 15 is 0 Å². The molecular formula is C18H18Br2N2O3. The molecule has 1 aromatic carbocycles. The standard InChI is InChI=1S/C18H18Br2N2O3/c1-18(2,3)25-17(24)22-14-10-11(7-8-21-14)15(20)16(23)12-5-4-6-13(19)9-12/h4-10,15H,1-3H3,(H,21,22,24)/t15-/m0/s1. The van der Waals surface area contributed by atoms with Gasteiger partial charge in [0, 0.05) is 16.2 Å². The topological polar surface area (TPSA) is 68.3 Å². The highest BCUT2D eigenvalue weighted by atomic mass is 79.9. The van der Waals surface area contributed by atoms with Crippen molar-refractivity contribution in [3.8, 4) is 0 Å². The molecule has 0 unspecified atom stereocenters. The summed E-state index contributed by atoms with van der Waals surface area (Å²) in [4.78, 5) is 28.0. The molecule has 5 nitrogen and oxygen atoms in total. The van der Waals surface area contributed by atoms with Gasteiger partial charge in [-0.2, -0.15) is 0 Å². The second-order valence-electron chi connectivity index (χ2n) is 6.34. The molecule has 1 amide bonds. The fourth-order valence-electron chi connectivity index (χ4n) is 2.02. The van der Waals surface area contributed by atoms with Gasteiger partial charge in [-0.3, -0.25) is 10.1 Å². The quantitative estimate of drug-likeness (QED) is 0.473. The van der Waals surface area contributed by atoms with Crippen molar-refractivity contribution in [2.24, 2.45) is 0 Å². The SMILES string of the molecule is CC(C)(C)OC(=O)Nc1cc([C@H](Br)C(=O)c2cccc(Br)c2)ccn1. The number of pyridine rings is 1. The van der Waals surface area contributed by atoms with E-state index in [4.69, 9.17) is 4.74 Å². The summed E-state index contributed by atoms with van der Waals surface area (Å²) in [7, 11) is 0. The number of rotatable bonds is 4. The number of nitrogens with zero attached hydrogens (tertiary/aromatic N) is 1. The average Bonchev–Trinajstić information content (AvgIpc) is 2.52. The monoisotopic (exact) mass is 468 g/mol. The number of anilines is 1. The molecule has 0 fully saturated rings. The molecule has 0 aliphatic rings. The molecule has 1 atom stereocenters. The van der Waals surface area contributed by atoms with Gasteiger partial charge in [-0.05, 0) is 50.6 Å². The molecule has 1 N–H and O–H groups in total. The second kappa shape index (κ2) is 8.10. The van der Waals surface area contributed by atoms with E-state index in [1.807, 2.05) is 6.07 Å². The van der Waals surface area contributed by atoms with Crippen LogP contribution in [0.3, 0.4) is 0 Å². The lowest BCUT2D eigenvalue weighted by molar-refractivity contribution is 0.0635. The molecule has 1 heterocycles. The van der Waals surface area contributed by atoms with Crippen LogP contribution in [0.5, 0.6) is 0 Å². The zero-order valence-corrected chi connectivity index (χ0v) is 17.2. The molecule has 0 radical (unpaired) electrons.